The van der Waals surface area contributed by atoms with E-state index in [2.05, 4.69) is 59.9 Å². The first-order valence-corrected chi connectivity index (χ1v) is 12.0. The zero-order valence-electron chi connectivity index (χ0n) is 17.1. The lowest BCUT2D eigenvalue weighted by molar-refractivity contribution is -0.0281. The van der Waals surface area contributed by atoms with E-state index in [1.165, 1.54) is 55.4 Å². The second-order valence-corrected chi connectivity index (χ2v) is 10.8. The number of amides is 1. The predicted octanol–water partition coefficient (Wildman–Crippen LogP) is 6.79. The van der Waals surface area contributed by atoms with Crippen LogP contribution in [0.2, 0.25) is 0 Å². The molecular formula is C27H27NOS. The van der Waals surface area contributed by atoms with Crippen LogP contribution >= 0.6 is 11.3 Å². The van der Waals surface area contributed by atoms with Gasteiger partial charge < -0.3 is 5.32 Å². The average Bonchev–Trinajstić information content (AvgIpc) is 3.29. The molecule has 4 aliphatic rings. The van der Waals surface area contributed by atoms with Gasteiger partial charge in [0.25, 0.3) is 5.91 Å². The predicted molar refractivity (Wildman–Crippen MR) is 123 cm³/mol. The fourth-order valence-corrected chi connectivity index (χ4v) is 7.86. The molecule has 1 heterocycles. The third-order valence-corrected chi connectivity index (χ3v) is 8.82. The topological polar surface area (TPSA) is 29.1 Å². The molecule has 2 atom stereocenters. The van der Waals surface area contributed by atoms with Crippen molar-refractivity contribution < 1.29 is 4.79 Å². The van der Waals surface area contributed by atoms with Crippen LogP contribution in [0, 0.1) is 11.8 Å². The average molecular weight is 414 g/mol. The largest absolute Gasteiger partial charge is 0.321 e. The summed E-state index contributed by atoms with van der Waals surface area (Å²) in [5.74, 6) is 1.69. The molecule has 4 aliphatic carbocycles. The van der Waals surface area contributed by atoms with Gasteiger partial charge in [-0.05, 0) is 95.9 Å². The van der Waals surface area contributed by atoms with E-state index in [0.717, 1.165) is 22.4 Å². The van der Waals surface area contributed by atoms with E-state index in [1.54, 1.807) is 5.56 Å². The second kappa shape index (κ2) is 6.81. The molecule has 0 radical (unpaired) electrons. The first-order valence-electron chi connectivity index (χ1n) is 11.2. The fourth-order valence-electron chi connectivity index (χ4n) is 7.24. The van der Waals surface area contributed by atoms with Crippen molar-refractivity contribution in [1.29, 1.82) is 0 Å². The van der Waals surface area contributed by atoms with E-state index < -0.39 is 0 Å². The SMILES string of the molecule is O=C(Nc1ccc(C23CC4CC(CC(c5ccccc5)(C4)C2)C3)cc1)c1cccs1. The number of hydrogen-bond acceptors (Lipinski definition) is 2. The lowest BCUT2D eigenvalue weighted by Gasteiger charge is -2.62. The Morgan fingerprint density at radius 1 is 0.800 bits per heavy atom. The second-order valence-electron chi connectivity index (χ2n) is 9.90. The van der Waals surface area contributed by atoms with Gasteiger partial charge in [-0.3, -0.25) is 4.79 Å². The summed E-state index contributed by atoms with van der Waals surface area (Å²) in [6.45, 7) is 0. The van der Waals surface area contributed by atoms with Crippen LogP contribution in [0.5, 0.6) is 0 Å². The summed E-state index contributed by atoms with van der Waals surface area (Å²) in [5.41, 5.74) is 4.59. The monoisotopic (exact) mass is 413 g/mol. The number of benzene rings is 2. The standard InChI is InChI=1S/C27H27NOS/c29-25(24-7-4-12-30-24)28-23-10-8-22(9-11-23)27-16-19-13-20(17-27)15-26(14-19,18-27)21-5-2-1-3-6-21/h1-12,19-20H,13-18H2,(H,28,29). The van der Waals surface area contributed by atoms with Gasteiger partial charge in [-0.1, -0.05) is 48.5 Å². The number of thiophene rings is 1. The Kier molecular flexibility index (Phi) is 4.18. The van der Waals surface area contributed by atoms with Gasteiger partial charge in [0.2, 0.25) is 0 Å². The van der Waals surface area contributed by atoms with E-state index in [-0.39, 0.29) is 5.91 Å². The number of anilines is 1. The van der Waals surface area contributed by atoms with E-state index in [1.807, 2.05) is 17.5 Å². The summed E-state index contributed by atoms with van der Waals surface area (Å²) in [5, 5.41) is 4.99. The maximum absolute atomic E-state index is 12.4. The Hall–Kier alpha value is -2.39. The molecule has 7 rings (SSSR count). The van der Waals surface area contributed by atoms with E-state index in [0.29, 0.717) is 10.8 Å². The highest BCUT2D eigenvalue weighted by molar-refractivity contribution is 7.12. The van der Waals surface area contributed by atoms with E-state index >= 15 is 0 Å². The zero-order valence-corrected chi connectivity index (χ0v) is 18.0. The van der Waals surface area contributed by atoms with Crippen molar-refractivity contribution in [3.63, 3.8) is 0 Å². The molecule has 2 aromatic carbocycles. The normalized spacial score (nSPS) is 31.6. The number of hydrogen-bond donors (Lipinski definition) is 1. The number of carbonyl (C=O) groups excluding carboxylic acids is 1. The minimum Gasteiger partial charge on any atom is -0.321 e. The Bertz CT molecular complexity index is 1040. The minimum absolute atomic E-state index is 0.0180. The number of rotatable bonds is 4. The Morgan fingerprint density at radius 3 is 2.03 bits per heavy atom. The molecule has 0 spiro atoms. The van der Waals surface area contributed by atoms with Crippen molar-refractivity contribution in [2.45, 2.75) is 49.4 Å². The van der Waals surface area contributed by atoms with Gasteiger partial charge in [-0.25, -0.2) is 0 Å². The summed E-state index contributed by atoms with van der Waals surface area (Å²) >= 11 is 1.48. The summed E-state index contributed by atoms with van der Waals surface area (Å²) < 4.78 is 0. The molecule has 4 saturated carbocycles. The summed E-state index contributed by atoms with van der Waals surface area (Å²) in [7, 11) is 0. The van der Waals surface area contributed by atoms with Crippen LogP contribution in [0.1, 0.15) is 59.3 Å². The lowest BCUT2D eigenvalue weighted by Crippen LogP contribution is -2.55. The van der Waals surface area contributed by atoms with Crippen LogP contribution in [-0.2, 0) is 10.8 Å². The van der Waals surface area contributed by atoms with Crippen molar-refractivity contribution in [2.75, 3.05) is 5.32 Å². The molecule has 2 nitrogen and oxygen atoms in total. The van der Waals surface area contributed by atoms with Gasteiger partial charge in [0.1, 0.15) is 0 Å². The summed E-state index contributed by atoms with van der Waals surface area (Å²) in [4.78, 5) is 13.1. The van der Waals surface area contributed by atoms with Crippen LogP contribution < -0.4 is 5.32 Å². The third kappa shape index (κ3) is 2.94. The molecule has 1 N–H and O–H groups in total. The van der Waals surface area contributed by atoms with Gasteiger partial charge in [0.15, 0.2) is 0 Å². The van der Waals surface area contributed by atoms with Gasteiger partial charge in [0.05, 0.1) is 4.88 Å². The highest BCUT2D eigenvalue weighted by atomic mass is 32.1. The molecule has 0 saturated heterocycles. The molecule has 0 aliphatic heterocycles. The minimum atomic E-state index is -0.0180. The molecule has 2 unspecified atom stereocenters. The van der Waals surface area contributed by atoms with Crippen molar-refractivity contribution in [2.24, 2.45) is 11.8 Å². The Balaban J connectivity index is 1.29. The zero-order chi connectivity index (χ0) is 20.2. The van der Waals surface area contributed by atoms with Crippen molar-refractivity contribution in [3.05, 3.63) is 88.1 Å². The summed E-state index contributed by atoms with van der Waals surface area (Å²) in [6.07, 6.45) is 8.09. The summed E-state index contributed by atoms with van der Waals surface area (Å²) in [6, 6.07) is 23.9. The van der Waals surface area contributed by atoms with Crippen LogP contribution in [0.4, 0.5) is 5.69 Å². The highest BCUT2D eigenvalue weighted by Crippen LogP contribution is 2.66. The van der Waals surface area contributed by atoms with Gasteiger partial charge in [-0.2, -0.15) is 0 Å². The number of nitrogens with one attached hydrogen (secondary N) is 1. The lowest BCUT2D eigenvalue weighted by atomic mass is 9.42. The molecule has 4 fully saturated rings. The Morgan fingerprint density at radius 2 is 1.43 bits per heavy atom. The van der Waals surface area contributed by atoms with Gasteiger partial charge in [0, 0.05) is 5.69 Å². The Labute approximate surface area is 182 Å². The number of carbonyl (C=O) groups is 1. The quantitative estimate of drug-likeness (QED) is 0.501. The smallest absolute Gasteiger partial charge is 0.265 e. The van der Waals surface area contributed by atoms with Crippen molar-refractivity contribution in [3.8, 4) is 0 Å². The van der Waals surface area contributed by atoms with Crippen LogP contribution in [-0.4, -0.2) is 5.91 Å². The third-order valence-electron chi connectivity index (χ3n) is 7.95. The molecule has 152 valence electrons. The molecule has 4 bridgehead atoms. The van der Waals surface area contributed by atoms with Gasteiger partial charge >= 0.3 is 0 Å². The molecule has 1 aromatic heterocycles. The maximum Gasteiger partial charge on any atom is 0.265 e. The van der Waals surface area contributed by atoms with Crippen LogP contribution in [0.15, 0.2) is 72.1 Å². The van der Waals surface area contributed by atoms with Crippen molar-refractivity contribution in [1.82, 2.24) is 0 Å². The van der Waals surface area contributed by atoms with Gasteiger partial charge in [-0.15, -0.1) is 11.3 Å². The molecular weight excluding hydrogens is 386 g/mol. The molecule has 1 amide bonds. The molecule has 3 aromatic rings. The van der Waals surface area contributed by atoms with Crippen LogP contribution in [0.25, 0.3) is 0 Å². The van der Waals surface area contributed by atoms with E-state index in [9.17, 15) is 4.79 Å². The van der Waals surface area contributed by atoms with Crippen LogP contribution in [0.3, 0.4) is 0 Å². The highest BCUT2D eigenvalue weighted by Gasteiger charge is 2.58. The maximum atomic E-state index is 12.4. The first kappa shape index (κ1) is 18.4. The molecule has 3 heteroatoms. The first-order chi connectivity index (χ1) is 14.6. The van der Waals surface area contributed by atoms with E-state index in [4.69, 9.17) is 0 Å². The fraction of sp³-hybridized carbons (Fsp3) is 0.370. The van der Waals surface area contributed by atoms with Crippen molar-refractivity contribution >= 4 is 22.9 Å². The molecule has 30 heavy (non-hydrogen) atoms.